The molecule has 0 radical (unpaired) electrons. The number of aryl methyl sites for hydroxylation is 1. The topological polar surface area (TPSA) is 81.8 Å². The molecule has 0 aliphatic carbocycles. The van der Waals surface area contributed by atoms with Crippen LogP contribution in [0, 0.1) is 6.92 Å². The fourth-order valence-corrected chi connectivity index (χ4v) is 2.69. The Bertz CT molecular complexity index is 1050. The summed E-state index contributed by atoms with van der Waals surface area (Å²) >= 11 is 6.04. The summed E-state index contributed by atoms with van der Waals surface area (Å²) in [6, 6.07) is 8.97. The monoisotopic (exact) mass is 441 g/mol. The van der Waals surface area contributed by atoms with Crippen LogP contribution in [-0.4, -0.2) is 22.7 Å². The van der Waals surface area contributed by atoms with E-state index in [0.717, 1.165) is 12.1 Å². The summed E-state index contributed by atoms with van der Waals surface area (Å²) in [6.45, 7) is 1.17. The van der Waals surface area contributed by atoms with Gasteiger partial charge in [-0.15, -0.1) is 0 Å². The second-order valence-electron chi connectivity index (χ2n) is 6.17. The normalized spacial score (nSPS) is 11.4. The Balaban J connectivity index is 1.68. The molecule has 0 saturated heterocycles. The number of nitrogens with zero attached hydrogens (tertiary/aromatic N) is 1. The fraction of sp³-hybridized carbons (Fsp3) is 0.200. The summed E-state index contributed by atoms with van der Waals surface area (Å²) < 4.78 is 54.3. The Morgan fingerprint density at radius 2 is 1.87 bits per heavy atom. The van der Waals surface area contributed by atoms with E-state index in [1.54, 1.807) is 13.0 Å². The number of hydrogen-bond donors (Lipinski definition) is 1. The Hall–Kier alpha value is -3.20. The first-order valence-corrected chi connectivity index (χ1v) is 8.92. The molecule has 2 aromatic carbocycles. The highest BCUT2D eigenvalue weighted by Crippen LogP contribution is 2.32. The molecular weight excluding hydrogens is 427 g/mol. The zero-order valence-electron chi connectivity index (χ0n) is 15.5. The van der Waals surface area contributed by atoms with Gasteiger partial charge in [0.05, 0.1) is 16.3 Å². The summed E-state index contributed by atoms with van der Waals surface area (Å²) in [5.74, 6) is 0.0277. The van der Waals surface area contributed by atoms with Crippen LogP contribution in [0.1, 0.15) is 17.0 Å². The van der Waals surface area contributed by atoms with Gasteiger partial charge in [0.2, 0.25) is 5.89 Å². The van der Waals surface area contributed by atoms with Crippen LogP contribution in [0.15, 0.2) is 46.9 Å². The second kappa shape index (κ2) is 8.66. The lowest BCUT2D eigenvalue weighted by atomic mass is 10.1. The third-order valence-corrected chi connectivity index (χ3v) is 4.27. The van der Waals surface area contributed by atoms with Gasteiger partial charge < -0.3 is 19.0 Å². The lowest BCUT2D eigenvalue weighted by molar-refractivity contribution is -0.139. The highest BCUT2D eigenvalue weighted by atomic mass is 35.5. The molecule has 10 heteroatoms. The van der Waals surface area contributed by atoms with E-state index in [1.807, 2.05) is 0 Å². The van der Waals surface area contributed by atoms with Crippen molar-refractivity contribution in [3.63, 3.8) is 0 Å². The maximum atomic E-state index is 12.7. The van der Waals surface area contributed by atoms with Crippen molar-refractivity contribution in [3.05, 3.63) is 64.5 Å². The molecule has 0 bridgehead atoms. The summed E-state index contributed by atoms with van der Waals surface area (Å²) in [5, 5.41) is 8.81. The number of carbonyl (C=O) groups is 1. The maximum absolute atomic E-state index is 12.7. The molecule has 0 unspecified atom stereocenters. The molecule has 0 aliphatic heterocycles. The van der Waals surface area contributed by atoms with Gasteiger partial charge >= 0.3 is 12.1 Å². The number of carboxylic acid groups (broad SMARTS) is 1. The van der Waals surface area contributed by atoms with Crippen molar-refractivity contribution in [1.29, 1.82) is 0 Å². The second-order valence-corrected chi connectivity index (χ2v) is 6.57. The minimum Gasteiger partial charge on any atom is -0.486 e. The van der Waals surface area contributed by atoms with E-state index < -0.39 is 24.3 Å². The number of alkyl halides is 3. The fourth-order valence-electron chi connectivity index (χ4n) is 2.46. The van der Waals surface area contributed by atoms with Crippen molar-refractivity contribution >= 4 is 17.6 Å². The third-order valence-electron chi connectivity index (χ3n) is 3.98. The van der Waals surface area contributed by atoms with E-state index in [9.17, 15) is 18.0 Å². The highest BCUT2D eigenvalue weighted by Gasteiger charge is 2.30. The van der Waals surface area contributed by atoms with Crippen molar-refractivity contribution in [3.8, 4) is 23.0 Å². The number of benzene rings is 2. The van der Waals surface area contributed by atoms with Gasteiger partial charge in [-0.05, 0) is 43.3 Å². The van der Waals surface area contributed by atoms with Crippen molar-refractivity contribution < 1.29 is 37.0 Å². The average Bonchev–Trinajstić information content (AvgIpc) is 3.05. The van der Waals surface area contributed by atoms with Crippen molar-refractivity contribution in [2.45, 2.75) is 19.7 Å². The molecule has 0 atom stereocenters. The lowest BCUT2D eigenvalue weighted by Crippen LogP contribution is -2.09. The predicted octanol–water partition coefficient (Wildman–Crippen LogP) is 5.36. The zero-order valence-corrected chi connectivity index (χ0v) is 16.3. The number of oxazole rings is 1. The van der Waals surface area contributed by atoms with Gasteiger partial charge in [0, 0.05) is 11.6 Å². The van der Waals surface area contributed by atoms with Crippen molar-refractivity contribution in [2.24, 2.45) is 0 Å². The van der Waals surface area contributed by atoms with Crippen molar-refractivity contribution in [2.75, 3.05) is 6.61 Å². The SMILES string of the molecule is Cc1nc(-c2ccc(C(F)(F)F)cc2)oc1COc1ccc(OCC(=O)O)c(Cl)c1. The van der Waals surface area contributed by atoms with Gasteiger partial charge in [0.1, 0.15) is 18.1 Å². The van der Waals surface area contributed by atoms with Crippen LogP contribution >= 0.6 is 11.6 Å². The van der Waals surface area contributed by atoms with Crippen molar-refractivity contribution in [1.82, 2.24) is 4.98 Å². The molecule has 158 valence electrons. The number of halogens is 4. The van der Waals surface area contributed by atoms with Gasteiger partial charge in [0.15, 0.2) is 12.4 Å². The summed E-state index contributed by atoms with van der Waals surface area (Å²) in [6.07, 6.45) is -4.42. The third kappa shape index (κ3) is 5.24. The number of aromatic nitrogens is 1. The number of carboxylic acids is 1. The minimum atomic E-state index is -4.42. The van der Waals surface area contributed by atoms with Crippen LogP contribution < -0.4 is 9.47 Å². The van der Waals surface area contributed by atoms with Gasteiger partial charge in [-0.3, -0.25) is 0 Å². The Morgan fingerprint density at radius 1 is 1.17 bits per heavy atom. The highest BCUT2D eigenvalue weighted by molar-refractivity contribution is 6.32. The first kappa shape index (κ1) is 21.5. The molecule has 3 rings (SSSR count). The van der Waals surface area contributed by atoms with E-state index in [4.69, 9.17) is 30.6 Å². The summed E-state index contributed by atoms with van der Waals surface area (Å²) in [5.41, 5.74) is 0.170. The molecule has 3 aromatic rings. The van der Waals surface area contributed by atoms with E-state index in [-0.39, 0.29) is 23.3 Å². The number of ether oxygens (including phenoxy) is 2. The average molecular weight is 442 g/mol. The standard InChI is InChI=1S/C20H15ClF3NO5/c1-11-17(9-28-14-6-7-16(15(21)8-14)29-10-18(26)27)30-19(25-11)12-2-4-13(5-3-12)20(22,23)24/h2-8H,9-10H2,1H3,(H,26,27). The smallest absolute Gasteiger partial charge is 0.416 e. The Kier molecular flexibility index (Phi) is 6.21. The van der Waals surface area contributed by atoms with Crippen LogP contribution in [0.5, 0.6) is 11.5 Å². The minimum absolute atomic E-state index is 0.00509. The van der Waals surface area contributed by atoms with E-state index in [0.29, 0.717) is 22.8 Å². The molecule has 6 nitrogen and oxygen atoms in total. The number of rotatable bonds is 7. The lowest BCUT2D eigenvalue weighted by Gasteiger charge is -2.09. The molecule has 0 aliphatic rings. The molecule has 1 N–H and O–H groups in total. The summed E-state index contributed by atoms with van der Waals surface area (Å²) in [4.78, 5) is 14.8. The van der Waals surface area contributed by atoms with E-state index >= 15 is 0 Å². The van der Waals surface area contributed by atoms with Gasteiger partial charge in [-0.2, -0.15) is 13.2 Å². The Morgan fingerprint density at radius 3 is 2.47 bits per heavy atom. The van der Waals surface area contributed by atoms with Crippen LogP contribution in [0.4, 0.5) is 13.2 Å². The molecule has 0 fully saturated rings. The zero-order chi connectivity index (χ0) is 21.9. The van der Waals surface area contributed by atoms with E-state index in [1.165, 1.54) is 24.3 Å². The molecule has 0 amide bonds. The van der Waals surface area contributed by atoms with Gasteiger partial charge in [-0.1, -0.05) is 11.6 Å². The van der Waals surface area contributed by atoms with Crippen LogP contribution in [0.3, 0.4) is 0 Å². The summed E-state index contributed by atoms with van der Waals surface area (Å²) in [7, 11) is 0. The largest absolute Gasteiger partial charge is 0.486 e. The van der Waals surface area contributed by atoms with Crippen LogP contribution in [0.25, 0.3) is 11.5 Å². The molecule has 0 spiro atoms. The Labute approximate surface area is 173 Å². The number of hydrogen-bond acceptors (Lipinski definition) is 5. The molecule has 1 heterocycles. The quantitative estimate of drug-likeness (QED) is 0.531. The first-order chi connectivity index (χ1) is 14.1. The molecular formula is C20H15ClF3NO5. The number of aliphatic carboxylic acids is 1. The van der Waals surface area contributed by atoms with Gasteiger partial charge in [-0.25, -0.2) is 9.78 Å². The van der Waals surface area contributed by atoms with Gasteiger partial charge in [0.25, 0.3) is 0 Å². The predicted molar refractivity (Wildman–Crippen MR) is 101 cm³/mol. The van der Waals surface area contributed by atoms with Crippen LogP contribution in [0.2, 0.25) is 5.02 Å². The molecule has 30 heavy (non-hydrogen) atoms. The van der Waals surface area contributed by atoms with Crippen LogP contribution in [-0.2, 0) is 17.6 Å². The van der Waals surface area contributed by atoms with E-state index in [2.05, 4.69) is 4.98 Å². The maximum Gasteiger partial charge on any atom is 0.416 e. The molecule has 0 saturated carbocycles. The first-order valence-electron chi connectivity index (χ1n) is 8.54. The molecule has 1 aromatic heterocycles.